The molecule has 11 heteroatoms. The molecule has 35 heavy (non-hydrogen) atoms. The fourth-order valence-corrected chi connectivity index (χ4v) is 3.65. The molecular weight excluding hydrogens is 491 g/mol. The third-order valence-electron chi connectivity index (χ3n) is 5.02. The van der Waals surface area contributed by atoms with Gasteiger partial charge in [-0.3, -0.25) is 9.69 Å². The fourth-order valence-electron chi connectivity index (χ4n) is 3.36. The van der Waals surface area contributed by atoms with Crippen molar-refractivity contribution in [2.24, 2.45) is 0 Å². The van der Waals surface area contributed by atoms with E-state index in [1.54, 1.807) is 6.07 Å². The molecule has 0 aliphatic carbocycles. The van der Waals surface area contributed by atoms with Crippen LogP contribution in [0.5, 0.6) is 11.5 Å². The molecule has 0 bridgehead atoms. The summed E-state index contributed by atoms with van der Waals surface area (Å²) in [5.41, 5.74) is 1.21. The van der Waals surface area contributed by atoms with Gasteiger partial charge in [-0.25, -0.2) is 13.2 Å². The Kier molecular flexibility index (Phi) is 6.70. The second kappa shape index (κ2) is 9.71. The molecule has 3 aromatic carbocycles. The van der Waals surface area contributed by atoms with Crippen LogP contribution < -0.4 is 19.7 Å². The lowest BCUT2D eigenvalue weighted by molar-refractivity contribution is -0.113. The molecule has 180 valence electrons. The molecule has 1 amide bonds. The Balaban J connectivity index is 1.60. The quantitative estimate of drug-likeness (QED) is 0.215. The van der Waals surface area contributed by atoms with Gasteiger partial charge >= 0.3 is 0 Å². The minimum atomic E-state index is -1.67. The number of ether oxygens (including phenoxy) is 2. The highest BCUT2D eigenvalue weighted by Crippen LogP contribution is 2.30. The summed E-state index contributed by atoms with van der Waals surface area (Å²) in [7, 11) is 1.35. The number of carbonyl (C=O) groups is 1. The molecule has 1 fully saturated rings. The lowest BCUT2D eigenvalue weighted by Gasteiger charge is -2.13. The van der Waals surface area contributed by atoms with Crippen LogP contribution in [0, 0.1) is 29.1 Å². The molecule has 0 atom stereocenters. The van der Waals surface area contributed by atoms with Crippen molar-refractivity contribution in [2.75, 3.05) is 12.0 Å². The third kappa shape index (κ3) is 4.80. The number of thiocarbonyl (C=S) groups is 1. The van der Waals surface area contributed by atoms with E-state index in [0.717, 1.165) is 0 Å². The zero-order chi connectivity index (χ0) is 25.3. The van der Waals surface area contributed by atoms with E-state index in [1.807, 2.05) is 0 Å². The summed E-state index contributed by atoms with van der Waals surface area (Å²) >= 11 is 5.22. The first-order valence-corrected chi connectivity index (χ1v) is 10.4. The van der Waals surface area contributed by atoms with Gasteiger partial charge in [-0.1, -0.05) is 6.07 Å². The number of nitrogens with one attached hydrogen (secondary N) is 1. The van der Waals surface area contributed by atoms with Crippen molar-refractivity contribution in [3.05, 3.63) is 94.4 Å². The van der Waals surface area contributed by atoms with E-state index in [2.05, 4.69) is 5.32 Å². The van der Waals surface area contributed by atoms with Gasteiger partial charge in [-0.05, 0) is 60.3 Å². The van der Waals surface area contributed by atoms with Crippen molar-refractivity contribution in [1.29, 1.82) is 0 Å². The van der Waals surface area contributed by atoms with E-state index in [9.17, 15) is 26.7 Å². The Labute approximate surface area is 201 Å². The molecule has 1 aliphatic rings. The second-order valence-electron chi connectivity index (χ2n) is 7.26. The van der Waals surface area contributed by atoms with Crippen LogP contribution in [-0.4, -0.2) is 18.1 Å². The number of rotatable bonds is 6. The van der Waals surface area contributed by atoms with Crippen LogP contribution in [0.15, 0.2) is 54.2 Å². The second-order valence-corrected chi connectivity index (χ2v) is 7.65. The first-order chi connectivity index (χ1) is 16.7. The van der Waals surface area contributed by atoms with Gasteiger partial charge in [0.2, 0.25) is 11.6 Å². The van der Waals surface area contributed by atoms with Crippen LogP contribution in [0.1, 0.15) is 11.1 Å². The predicted octanol–water partition coefficient (Wildman–Crippen LogP) is 5.23. The van der Waals surface area contributed by atoms with Crippen LogP contribution in [0.25, 0.3) is 6.08 Å². The van der Waals surface area contributed by atoms with Gasteiger partial charge < -0.3 is 14.8 Å². The lowest BCUT2D eigenvalue weighted by Crippen LogP contribution is -2.30. The van der Waals surface area contributed by atoms with E-state index in [4.69, 9.17) is 21.7 Å². The molecule has 5 nitrogen and oxygen atoms in total. The van der Waals surface area contributed by atoms with E-state index in [0.29, 0.717) is 11.3 Å². The first kappa shape index (κ1) is 24.1. The van der Waals surface area contributed by atoms with Crippen molar-refractivity contribution in [3.8, 4) is 11.5 Å². The predicted molar refractivity (Wildman–Crippen MR) is 121 cm³/mol. The maximum Gasteiger partial charge on any atom is 0.281 e. The van der Waals surface area contributed by atoms with Gasteiger partial charge in [0, 0.05) is 11.6 Å². The Morgan fingerprint density at radius 2 is 1.63 bits per heavy atom. The number of nitrogens with zero attached hydrogens (tertiary/aromatic N) is 1. The van der Waals surface area contributed by atoms with Crippen molar-refractivity contribution in [1.82, 2.24) is 5.32 Å². The summed E-state index contributed by atoms with van der Waals surface area (Å²) in [4.78, 5) is 14.1. The minimum Gasteiger partial charge on any atom is -0.496 e. The summed E-state index contributed by atoms with van der Waals surface area (Å²) in [5.74, 6) is -8.44. The Hall–Kier alpha value is -3.99. The number of benzene rings is 3. The van der Waals surface area contributed by atoms with Crippen molar-refractivity contribution < 1.29 is 36.2 Å². The van der Waals surface area contributed by atoms with Gasteiger partial charge in [0.05, 0.1) is 12.8 Å². The van der Waals surface area contributed by atoms with Gasteiger partial charge in [0.25, 0.3) is 5.91 Å². The Morgan fingerprint density at radius 3 is 2.26 bits per heavy atom. The largest absolute Gasteiger partial charge is 0.496 e. The molecule has 1 aliphatic heterocycles. The maximum atomic E-state index is 13.9. The van der Waals surface area contributed by atoms with Gasteiger partial charge in [0.1, 0.15) is 23.9 Å². The van der Waals surface area contributed by atoms with Crippen LogP contribution in [0.3, 0.4) is 0 Å². The number of anilines is 1. The van der Waals surface area contributed by atoms with Crippen molar-refractivity contribution in [3.63, 3.8) is 0 Å². The Bertz CT molecular complexity index is 1340. The summed E-state index contributed by atoms with van der Waals surface area (Å²) in [6.45, 7) is -0.502. The summed E-state index contributed by atoms with van der Waals surface area (Å²) < 4.78 is 78.2. The van der Waals surface area contributed by atoms with Crippen LogP contribution in [-0.2, 0) is 11.4 Å². The summed E-state index contributed by atoms with van der Waals surface area (Å²) in [6, 6.07) is 9.88. The summed E-state index contributed by atoms with van der Waals surface area (Å²) in [6.07, 6.45) is 1.46. The number of methoxy groups -OCH3 is 1. The first-order valence-electron chi connectivity index (χ1n) is 9.95. The molecular formula is C24H15F5N2O3S. The molecule has 4 rings (SSSR count). The molecule has 0 saturated carbocycles. The van der Waals surface area contributed by atoms with Gasteiger partial charge in [-0.2, -0.15) is 8.78 Å². The minimum absolute atomic E-state index is 0.0796. The number of hydrogen-bond donors (Lipinski definition) is 1. The number of halogens is 5. The zero-order valence-corrected chi connectivity index (χ0v) is 18.7. The number of carbonyl (C=O) groups excluding carboxylic acids is 1. The zero-order valence-electron chi connectivity index (χ0n) is 17.9. The number of amides is 1. The van der Waals surface area contributed by atoms with Gasteiger partial charge in [0.15, 0.2) is 22.5 Å². The van der Waals surface area contributed by atoms with E-state index < -0.39 is 47.3 Å². The highest BCUT2D eigenvalue weighted by molar-refractivity contribution is 7.80. The van der Waals surface area contributed by atoms with Crippen LogP contribution in [0.4, 0.5) is 27.6 Å². The molecule has 0 radical (unpaired) electrons. The third-order valence-corrected chi connectivity index (χ3v) is 5.31. The fraction of sp³-hybridized carbons (Fsp3) is 0.0833. The molecule has 1 heterocycles. The Morgan fingerprint density at radius 1 is 0.971 bits per heavy atom. The average molecular weight is 506 g/mol. The topological polar surface area (TPSA) is 50.8 Å². The summed E-state index contributed by atoms with van der Waals surface area (Å²) in [5, 5.41) is 2.87. The van der Waals surface area contributed by atoms with Crippen molar-refractivity contribution >= 4 is 35.0 Å². The highest BCUT2D eigenvalue weighted by atomic mass is 32.1. The standard InChI is InChI=1S/C24H15F5N2O3S/c1-33-19-7-2-12(8-13(19)11-34-22-20(28)16(26)10-17(27)21(22)29)9-18-23(32)31(24(35)30-18)15-5-3-14(25)4-6-15/h2-10H,11H2,1H3,(H,30,35)/b18-9+. The van der Waals surface area contributed by atoms with E-state index >= 15 is 0 Å². The molecule has 1 N–H and O–H groups in total. The normalized spacial score (nSPS) is 14.5. The lowest BCUT2D eigenvalue weighted by atomic mass is 10.1. The monoisotopic (exact) mass is 506 g/mol. The maximum absolute atomic E-state index is 13.9. The SMILES string of the molecule is COc1ccc(/C=C2/NC(=S)N(c3ccc(F)cc3)C2=O)cc1COc1c(F)c(F)cc(F)c1F. The van der Waals surface area contributed by atoms with Crippen molar-refractivity contribution in [2.45, 2.75) is 6.61 Å². The van der Waals surface area contributed by atoms with Gasteiger partial charge in [-0.15, -0.1) is 0 Å². The smallest absolute Gasteiger partial charge is 0.281 e. The molecule has 1 saturated heterocycles. The molecule has 0 unspecified atom stereocenters. The highest BCUT2D eigenvalue weighted by Gasteiger charge is 2.32. The molecule has 3 aromatic rings. The van der Waals surface area contributed by atoms with E-state index in [1.165, 1.54) is 54.5 Å². The number of hydrogen-bond acceptors (Lipinski definition) is 4. The molecule has 0 spiro atoms. The van der Waals surface area contributed by atoms with Crippen LogP contribution >= 0.6 is 12.2 Å². The average Bonchev–Trinajstić information content (AvgIpc) is 3.11. The van der Waals surface area contributed by atoms with E-state index in [-0.39, 0.29) is 28.2 Å². The van der Waals surface area contributed by atoms with Crippen LogP contribution in [0.2, 0.25) is 0 Å². The molecule has 0 aromatic heterocycles.